The van der Waals surface area contributed by atoms with Crippen LogP contribution in [-0.4, -0.2) is 10.2 Å². The molecule has 1 aliphatic carbocycles. The second-order valence-electron chi connectivity index (χ2n) is 5.19. The number of hydrogen-bond acceptors (Lipinski definition) is 4. The Bertz CT molecular complexity index is 798. The molecular weight excluding hydrogens is 304 g/mol. The second-order valence-corrected chi connectivity index (χ2v) is 6.69. The number of ether oxygens (including phenoxy) is 1. The van der Waals surface area contributed by atoms with Crippen molar-refractivity contribution in [2.24, 2.45) is 0 Å². The minimum Gasteiger partial charge on any atom is -0.486 e. The second kappa shape index (κ2) is 5.28. The minimum atomic E-state index is 0.454. The van der Waals surface area contributed by atoms with E-state index in [1.54, 1.807) is 11.3 Å². The Labute approximate surface area is 131 Å². The van der Waals surface area contributed by atoms with Crippen molar-refractivity contribution >= 4 is 33.7 Å². The smallest absolute Gasteiger partial charge is 0.155 e. The van der Waals surface area contributed by atoms with Gasteiger partial charge in [-0.15, -0.1) is 10.2 Å². The quantitative estimate of drug-likeness (QED) is 0.693. The summed E-state index contributed by atoms with van der Waals surface area (Å²) in [7, 11) is 0. The zero-order chi connectivity index (χ0) is 14.2. The summed E-state index contributed by atoms with van der Waals surface area (Å²) in [5.74, 6) is 1.48. The van der Waals surface area contributed by atoms with Gasteiger partial charge in [0.25, 0.3) is 0 Å². The van der Waals surface area contributed by atoms with Gasteiger partial charge in [0.15, 0.2) is 5.01 Å². The molecule has 0 spiro atoms. The summed E-state index contributed by atoms with van der Waals surface area (Å²) >= 11 is 7.87. The van der Waals surface area contributed by atoms with Crippen LogP contribution in [0, 0.1) is 0 Å². The topological polar surface area (TPSA) is 35.0 Å². The minimum absolute atomic E-state index is 0.454. The van der Waals surface area contributed by atoms with Gasteiger partial charge in [0.05, 0.1) is 0 Å². The fourth-order valence-electron chi connectivity index (χ4n) is 2.32. The normalized spacial score (nSPS) is 14.5. The number of fused-ring (bicyclic) bond motifs is 1. The molecule has 21 heavy (non-hydrogen) atoms. The van der Waals surface area contributed by atoms with Gasteiger partial charge in [0, 0.05) is 21.7 Å². The first-order valence-electron chi connectivity index (χ1n) is 6.93. The average Bonchev–Trinajstić information content (AvgIpc) is 3.26. The lowest BCUT2D eigenvalue weighted by Gasteiger charge is -2.08. The van der Waals surface area contributed by atoms with Crippen molar-refractivity contribution in [3.63, 3.8) is 0 Å². The van der Waals surface area contributed by atoms with Crippen LogP contribution in [-0.2, 0) is 6.61 Å². The van der Waals surface area contributed by atoms with Crippen LogP contribution in [0.1, 0.15) is 28.8 Å². The molecule has 3 nitrogen and oxygen atoms in total. The lowest BCUT2D eigenvalue weighted by Crippen LogP contribution is -1.95. The van der Waals surface area contributed by atoms with Gasteiger partial charge in [-0.25, -0.2) is 0 Å². The Morgan fingerprint density at radius 1 is 1.10 bits per heavy atom. The molecule has 4 rings (SSSR count). The number of halogens is 1. The molecular formula is C16H13ClN2OS. The van der Waals surface area contributed by atoms with Crippen molar-refractivity contribution in [2.45, 2.75) is 25.4 Å². The molecule has 0 aliphatic heterocycles. The summed E-state index contributed by atoms with van der Waals surface area (Å²) in [6, 6.07) is 11.8. The number of rotatable bonds is 4. The molecule has 1 fully saturated rings. The summed E-state index contributed by atoms with van der Waals surface area (Å²) in [6.07, 6.45) is 2.49. The van der Waals surface area contributed by atoms with E-state index in [0.29, 0.717) is 12.5 Å². The maximum absolute atomic E-state index is 6.22. The van der Waals surface area contributed by atoms with E-state index >= 15 is 0 Å². The summed E-state index contributed by atoms with van der Waals surface area (Å²) in [6.45, 7) is 0.454. The maximum Gasteiger partial charge on any atom is 0.155 e. The summed E-state index contributed by atoms with van der Waals surface area (Å²) < 4.78 is 5.92. The first-order valence-corrected chi connectivity index (χ1v) is 8.13. The van der Waals surface area contributed by atoms with Crippen LogP contribution in [0.15, 0.2) is 36.4 Å². The Morgan fingerprint density at radius 2 is 1.90 bits per heavy atom. The van der Waals surface area contributed by atoms with Crippen LogP contribution >= 0.6 is 22.9 Å². The molecule has 1 heterocycles. The van der Waals surface area contributed by atoms with Crippen LogP contribution < -0.4 is 4.74 Å². The van der Waals surface area contributed by atoms with Gasteiger partial charge in [-0.3, -0.25) is 0 Å². The van der Waals surface area contributed by atoms with Crippen molar-refractivity contribution < 1.29 is 4.74 Å². The van der Waals surface area contributed by atoms with Crippen LogP contribution in [0.25, 0.3) is 10.8 Å². The van der Waals surface area contributed by atoms with E-state index in [4.69, 9.17) is 16.3 Å². The molecule has 0 bridgehead atoms. The largest absolute Gasteiger partial charge is 0.486 e. The number of benzene rings is 2. The van der Waals surface area contributed by atoms with E-state index < -0.39 is 0 Å². The monoisotopic (exact) mass is 316 g/mol. The van der Waals surface area contributed by atoms with Crippen molar-refractivity contribution in [3.8, 4) is 5.75 Å². The third-order valence-corrected chi connectivity index (χ3v) is 4.98. The van der Waals surface area contributed by atoms with Crippen molar-refractivity contribution in [3.05, 3.63) is 51.4 Å². The van der Waals surface area contributed by atoms with Crippen molar-refractivity contribution in [1.82, 2.24) is 10.2 Å². The van der Waals surface area contributed by atoms with Crippen molar-refractivity contribution in [2.75, 3.05) is 0 Å². The highest BCUT2D eigenvalue weighted by atomic mass is 35.5. The predicted octanol–water partition coefficient (Wildman–Crippen LogP) is 4.80. The van der Waals surface area contributed by atoms with E-state index in [1.165, 1.54) is 12.8 Å². The van der Waals surface area contributed by atoms with Crippen LogP contribution in [0.3, 0.4) is 0 Å². The van der Waals surface area contributed by atoms with Gasteiger partial charge >= 0.3 is 0 Å². The van der Waals surface area contributed by atoms with Gasteiger partial charge in [0.1, 0.15) is 17.4 Å². The van der Waals surface area contributed by atoms with E-state index in [9.17, 15) is 0 Å². The summed E-state index contributed by atoms with van der Waals surface area (Å²) in [4.78, 5) is 0. The number of nitrogens with zero attached hydrogens (tertiary/aromatic N) is 2. The van der Waals surface area contributed by atoms with Crippen molar-refractivity contribution in [1.29, 1.82) is 0 Å². The van der Waals surface area contributed by atoms with E-state index in [2.05, 4.69) is 10.2 Å². The Balaban J connectivity index is 1.57. The average molecular weight is 317 g/mol. The van der Waals surface area contributed by atoms with Gasteiger partial charge in [-0.05, 0) is 25.0 Å². The molecule has 3 aromatic rings. The lowest BCUT2D eigenvalue weighted by atomic mass is 10.1. The maximum atomic E-state index is 6.22. The molecule has 1 aliphatic rings. The Morgan fingerprint density at radius 3 is 2.71 bits per heavy atom. The molecule has 0 radical (unpaired) electrons. The Kier molecular flexibility index (Phi) is 3.28. The van der Waals surface area contributed by atoms with Gasteiger partial charge in [0.2, 0.25) is 0 Å². The standard InChI is InChI=1S/C16H13ClN2OS/c17-13-7-8-14(12-4-2-1-3-11(12)13)20-9-15-18-19-16(21-15)10-5-6-10/h1-4,7-8,10H,5-6,9H2. The molecule has 1 saturated carbocycles. The third-order valence-electron chi connectivity index (χ3n) is 3.59. The predicted molar refractivity (Wildman–Crippen MR) is 85.2 cm³/mol. The van der Waals surface area contributed by atoms with E-state index in [1.807, 2.05) is 36.4 Å². The molecule has 0 atom stereocenters. The fourth-order valence-corrected chi connectivity index (χ4v) is 3.47. The highest BCUT2D eigenvalue weighted by molar-refractivity contribution is 7.11. The molecule has 106 valence electrons. The van der Waals surface area contributed by atoms with E-state index in [-0.39, 0.29) is 0 Å². The summed E-state index contributed by atoms with van der Waals surface area (Å²) in [5, 5.41) is 13.3. The highest BCUT2D eigenvalue weighted by Gasteiger charge is 2.27. The molecule has 0 saturated heterocycles. The van der Waals surface area contributed by atoms with Crippen LogP contribution in [0.2, 0.25) is 5.02 Å². The van der Waals surface area contributed by atoms with Crippen LogP contribution in [0.4, 0.5) is 0 Å². The van der Waals surface area contributed by atoms with Gasteiger partial charge in [-0.1, -0.05) is 47.2 Å². The number of aromatic nitrogens is 2. The SMILES string of the molecule is Clc1ccc(OCc2nnc(C3CC3)s2)c2ccccc12. The number of hydrogen-bond donors (Lipinski definition) is 0. The third kappa shape index (κ3) is 2.61. The molecule has 1 aromatic heterocycles. The summed E-state index contributed by atoms with van der Waals surface area (Å²) in [5.41, 5.74) is 0. The molecule has 5 heteroatoms. The highest BCUT2D eigenvalue weighted by Crippen LogP contribution is 2.41. The van der Waals surface area contributed by atoms with Gasteiger partial charge in [-0.2, -0.15) is 0 Å². The fraction of sp³-hybridized carbons (Fsp3) is 0.250. The Hall–Kier alpha value is -1.65. The first-order chi connectivity index (χ1) is 10.3. The van der Waals surface area contributed by atoms with Gasteiger partial charge < -0.3 is 4.74 Å². The lowest BCUT2D eigenvalue weighted by molar-refractivity contribution is 0.308. The van der Waals surface area contributed by atoms with E-state index in [0.717, 1.165) is 31.6 Å². The first kappa shape index (κ1) is 13.0. The zero-order valence-corrected chi connectivity index (χ0v) is 12.8. The molecule has 2 aromatic carbocycles. The molecule has 0 amide bonds. The zero-order valence-electron chi connectivity index (χ0n) is 11.3. The molecule has 0 N–H and O–H groups in total. The van der Waals surface area contributed by atoms with Crippen LogP contribution in [0.5, 0.6) is 5.75 Å². The molecule has 0 unspecified atom stereocenters.